The van der Waals surface area contributed by atoms with Gasteiger partial charge in [-0.1, -0.05) is 25.0 Å². The summed E-state index contributed by atoms with van der Waals surface area (Å²) in [6, 6.07) is 6.48. The molecule has 32 heavy (non-hydrogen) atoms. The van der Waals surface area contributed by atoms with Gasteiger partial charge in [-0.2, -0.15) is 0 Å². The van der Waals surface area contributed by atoms with Gasteiger partial charge in [-0.25, -0.2) is 14.4 Å². The SMILES string of the molecule is Cc1nc(C2CCN(C(=O)Cc3cccc(F)c3)C2)nc(C)c1CC(=O)NC1CCCC1. The third-order valence-corrected chi connectivity index (χ3v) is 6.65. The molecule has 2 amide bonds. The minimum absolute atomic E-state index is 0.00764. The average Bonchev–Trinajstić information content (AvgIpc) is 3.43. The molecule has 2 fully saturated rings. The number of amides is 2. The molecule has 0 spiro atoms. The molecule has 1 aromatic carbocycles. The number of carbonyl (C=O) groups excluding carboxylic acids is 2. The summed E-state index contributed by atoms with van der Waals surface area (Å²) in [6.45, 7) is 5.07. The maximum atomic E-state index is 13.4. The van der Waals surface area contributed by atoms with Gasteiger partial charge >= 0.3 is 0 Å². The number of likely N-dealkylation sites (tertiary alicyclic amines) is 1. The number of rotatable bonds is 6. The number of aryl methyl sites for hydroxylation is 2. The minimum Gasteiger partial charge on any atom is -0.353 e. The number of benzene rings is 1. The zero-order valence-electron chi connectivity index (χ0n) is 18.9. The van der Waals surface area contributed by atoms with Crippen molar-refractivity contribution in [2.24, 2.45) is 0 Å². The van der Waals surface area contributed by atoms with Crippen LogP contribution in [0.25, 0.3) is 0 Å². The Morgan fingerprint density at radius 1 is 1.09 bits per heavy atom. The van der Waals surface area contributed by atoms with Crippen LogP contribution in [0, 0.1) is 19.7 Å². The Hall–Kier alpha value is -2.83. The number of aromatic nitrogens is 2. The van der Waals surface area contributed by atoms with Gasteiger partial charge in [0.05, 0.1) is 12.8 Å². The van der Waals surface area contributed by atoms with Crippen molar-refractivity contribution >= 4 is 11.8 Å². The first kappa shape index (κ1) is 22.4. The third-order valence-electron chi connectivity index (χ3n) is 6.65. The lowest BCUT2D eigenvalue weighted by Crippen LogP contribution is -2.34. The van der Waals surface area contributed by atoms with Crippen molar-refractivity contribution in [2.75, 3.05) is 13.1 Å². The average molecular weight is 439 g/mol. The standard InChI is InChI=1S/C25H31FN4O2/c1-16-22(14-23(31)29-21-8-3-4-9-21)17(2)28-25(27-16)19-10-11-30(15-19)24(32)13-18-6-5-7-20(26)12-18/h5-7,12,19,21H,3-4,8-11,13-15H2,1-2H3,(H,29,31). The molecule has 6 nitrogen and oxygen atoms in total. The Morgan fingerprint density at radius 2 is 1.81 bits per heavy atom. The Kier molecular flexibility index (Phi) is 6.82. The first-order valence-corrected chi connectivity index (χ1v) is 11.5. The largest absolute Gasteiger partial charge is 0.353 e. The highest BCUT2D eigenvalue weighted by atomic mass is 19.1. The predicted molar refractivity (Wildman–Crippen MR) is 120 cm³/mol. The van der Waals surface area contributed by atoms with Gasteiger partial charge in [-0.15, -0.1) is 0 Å². The Morgan fingerprint density at radius 3 is 2.50 bits per heavy atom. The highest BCUT2D eigenvalue weighted by molar-refractivity contribution is 5.80. The van der Waals surface area contributed by atoms with E-state index in [2.05, 4.69) is 5.32 Å². The van der Waals surface area contributed by atoms with Gasteiger partial charge in [0, 0.05) is 42.0 Å². The lowest BCUT2D eigenvalue weighted by Gasteiger charge is -2.18. The molecule has 1 saturated carbocycles. The molecule has 1 aromatic heterocycles. The minimum atomic E-state index is -0.328. The van der Waals surface area contributed by atoms with Crippen LogP contribution in [0.5, 0.6) is 0 Å². The Balaban J connectivity index is 1.37. The second kappa shape index (κ2) is 9.76. The van der Waals surface area contributed by atoms with Crippen LogP contribution in [0.1, 0.15) is 66.4 Å². The normalized spacial score (nSPS) is 18.8. The fourth-order valence-corrected chi connectivity index (χ4v) is 4.84. The second-order valence-electron chi connectivity index (χ2n) is 9.09. The monoisotopic (exact) mass is 438 g/mol. The molecular formula is C25H31FN4O2. The van der Waals surface area contributed by atoms with Crippen LogP contribution in [-0.4, -0.2) is 45.8 Å². The number of halogens is 1. The van der Waals surface area contributed by atoms with E-state index in [9.17, 15) is 14.0 Å². The van der Waals surface area contributed by atoms with Crippen LogP contribution in [0.2, 0.25) is 0 Å². The van der Waals surface area contributed by atoms with Crippen molar-refractivity contribution in [2.45, 2.75) is 70.8 Å². The number of carbonyl (C=O) groups is 2. The molecule has 1 atom stereocenters. The molecule has 4 rings (SSSR count). The lowest BCUT2D eigenvalue weighted by atomic mass is 10.0. The summed E-state index contributed by atoms with van der Waals surface area (Å²) in [5, 5.41) is 3.13. The molecule has 1 saturated heterocycles. The highest BCUT2D eigenvalue weighted by Gasteiger charge is 2.30. The maximum Gasteiger partial charge on any atom is 0.227 e. The van der Waals surface area contributed by atoms with E-state index in [0.717, 1.165) is 42.0 Å². The summed E-state index contributed by atoms with van der Waals surface area (Å²) in [6.07, 6.45) is 5.80. The number of nitrogens with one attached hydrogen (secondary N) is 1. The molecule has 1 unspecified atom stereocenters. The number of hydrogen-bond donors (Lipinski definition) is 1. The van der Waals surface area contributed by atoms with E-state index in [0.29, 0.717) is 31.1 Å². The van der Waals surface area contributed by atoms with E-state index in [1.54, 1.807) is 12.1 Å². The second-order valence-corrected chi connectivity index (χ2v) is 9.09. The third kappa shape index (κ3) is 5.31. The van der Waals surface area contributed by atoms with E-state index in [4.69, 9.17) is 9.97 Å². The summed E-state index contributed by atoms with van der Waals surface area (Å²) in [5.74, 6) is 0.512. The van der Waals surface area contributed by atoms with Crippen LogP contribution in [0.3, 0.4) is 0 Å². The first-order valence-electron chi connectivity index (χ1n) is 11.5. The van der Waals surface area contributed by atoms with Crippen molar-refractivity contribution in [3.8, 4) is 0 Å². The van der Waals surface area contributed by atoms with Crippen molar-refractivity contribution in [3.63, 3.8) is 0 Å². The highest BCUT2D eigenvalue weighted by Crippen LogP contribution is 2.27. The molecule has 1 aliphatic carbocycles. The van der Waals surface area contributed by atoms with Gasteiger partial charge in [0.15, 0.2) is 0 Å². The van der Waals surface area contributed by atoms with E-state index < -0.39 is 0 Å². The molecule has 0 bridgehead atoms. The smallest absolute Gasteiger partial charge is 0.227 e. The van der Waals surface area contributed by atoms with Gasteiger partial charge in [0.25, 0.3) is 0 Å². The van der Waals surface area contributed by atoms with Crippen molar-refractivity contribution < 1.29 is 14.0 Å². The van der Waals surface area contributed by atoms with Gasteiger partial charge in [-0.3, -0.25) is 9.59 Å². The van der Waals surface area contributed by atoms with Crippen LogP contribution in [-0.2, 0) is 22.4 Å². The van der Waals surface area contributed by atoms with Crippen LogP contribution >= 0.6 is 0 Å². The summed E-state index contributed by atoms with van der Waals surface area (Å²) in [4.78, 5) is 36.4. The summed E-state index contributed by atoms with van der Waals surface area (Å²) < 4.78 is 13.4. The molecule has 2 aliphatic rings. The molecule has 0 radical (unpaired) electrons. The molecule has 1 aliphatic heterocycles. The Bertz CT molecular complexity index is 980. The fraction of sp³-hybridized carbons (Fsp3) is 0.520. The summed E-state index contributed by atoms with van der Waals surface area (Å²) in [5.41, 5.74) is 3.24. The molecule has 170 valence electrons. The molecule has 2 heterocycles. The fourth-order valence-electron chi connectivity index (χ4n) is 4.84. The maximum absolute atomic E-state index is 13.4. The van der Waals surface area contributed by atoms with E-state index in [1.807, 2.05) is 18.7 Å². The quantitative estimate of drug-likeness (QED) is 0.750. The van der Waals surface area contributed by atoms with Crippen molar-refractivity contribution in [1.82, 2.24) is 20.2 Å². The number of hydrogen-bond acceptors (Lipinski definition) is 4. The van der Waals surface area contributed by atoms with Gasteiger partial charge < -0.3 is 10.2 Å². The lowest BCUT2D eigenvalue weighted by molar-refractivity contribution is -0.129. The number of nitrogens with zero attached hydrogens (tertiary/aromatic N) is 3. The first-order chi connectivity index (χ1) is 15.4. The van der Waals surface area contributed by atoms with Gasteiger partial charge in [-0.05, 0) is 50.8 Å². The predicted octanol–water partition coefficient (Wildman–Crippen LogP) is 3.39. The molecule has 1 N–H and O–H groups in total. The van der Waals surface area contributed by atoms with E-state index >= 15 is 0 Å². The topological polar surface area (TPSA) is 75.2 Å². The van der Waals surface area contributed by atoms with Crippen LogP contribution in [0.4, 0.5) is 4.39 Å². The van der Waals surface area contributed by atoms with Crippen molar-refractivity contribution in [1.29, 1.82) is 0 Å². The van der Waals surface area contributed by atoms with Crippen LogP contribution < -0.4 is 5.32 Å². The molecule has 2 aromatic rings. The summed E-state index contributed by atoms with van der Waals surface area (Å²) in [7, 11) is 0. The summed E-state index contributed by atoms with van der Waals surface area (Å²) >= 11 is 0. The van der Waals surface area contributed by atoms with E-state index in [-0.39, 0.29) is 30.0 Å². The molecular weight excluding hydrogens is 407 g/mol. The molecule has 7 heteroatoms. The Labute approximate surface area is 188 Å². The van der Waals surface area contributed by atoms with E-state index in [1.165, 1.54) is 25.0 Å². The zero-order chi connectivity index (χ0) is 22.7. The van der Waals surface area contributed by atoms with Crippen LogP contribution in [0.15, 0.2) is 24.3 Å². The zero-order valence-corrected chi connectivity index (χ0v) is 18.9. The van der Waals surface area contributed by atoms with Gasteiger partial charge in [0.2, 0.25) is 11.8 Å². The van der Waals surface area contributed by atoms with Gasteiger partial charge in [0.1, 0.15) is 11.6 Å². The van der Waals surface area contributed by atoms with Crippen molar-refractivity contribution in [3.05, 3.63) is 58.4 Å².